The van der Waals surface area contributed by atoms with Gasteiger partial charge in [-0.2, -0.15) is 0 Å². The van der Waals surface area contributed by atoms with Crippen molar-refractivity contribution in [1.82, 2.24) is 9.13 Å². The van der Waals surface area contributed by atoms with E-state index in [1.54, 1.807) is 7.11 Å². The molecule has 0 saturated carbocycles. The Labute approximate surface area is 101 Å². The summed E-state index contributed by atoms with van der Waals surface area (Å²) in [4.78, 5) is 0. The molecule has 0 aliphatic heterocycles. The Morgan fingerprint density at radius 1 is 1.18 bits per heavy atom. The number of rotatable bonds is 5. The van der Waals surface area contributed by atoms with Crippen LogP contribution in [0.25, 0.3) is 11.0 Å². The van der Waals surface area contributed by atoms with Crippen molar-refractivity contribution < 1.29 is 4.74 Å². The number of ether oxygens (including phenoxy) is 1. The van der Waals surface area contributed by atoms with Gasteiger partial charge in [-0.25, -0.2) is 0 Å². The van der Waals surface area contributed by atoms with Gasteiger partial charge in [0.15, 0.2) is 0 Å². The molecule has 17 heavy (non-hydrogen) atoms. The number of hydrogen-bond donors (Lipinski definition) is 1. The molecule has 0 bridgehead atoms. The average Bonchev–Trinajstić information content (AvgIpc) is 2.62. The van der Waals surface area contributed by atoms with Crippen LogP contribution >= 0.6 is 0 Å². The molecule has 1 aromatic heterocycles. The molecule has 0 atom stereocenters. The Hall–Kier alpha value is -1.55. The SMILES string of the molecule is CCn1c(=N)n(CCCOC)c2ccccc21. The van der Waals surface area contributed by atoms with E-state index in [1.807, 2.05) is 16.7 Å². The molecule has 0 fully saturated rings. The van der Waals surface area contributed by atoms with Gasteiger partial charge in [0.05, 0.1) is 11.0 Å². The first-order chi connectivity index (χ1) is 8.29. The lowest BCUT2D eigenvalue weighted by Gasteiger charge is -2.03. The van der Waals surface area contributed by atoms with E-state index in [-0.39, 0.29) is 0 Å². The van der Waals surface area contributed by atoms with Gasteiger partial charge in [0.2, 0.25) is 5.62 Å². The van der Waals surface area contributed by atoms with Crippen molar-refractivity contribution >= 4 is 11.0 Å². The van der Waals surface area contributed by atoms with Gasteiger partial charge in [-0.1, -0.05) is 12.1 Å². The first-order valence-electron chi connectivity index (χ1n) is 6.01. The van der Waals surface area contributed by atoms with E-state index in [0.29, 0.717) is 5.62 Å². The monoisotopic (exact) mass is 233 g/mol. The minimum Gasteiger partial charge on any atom is -0.385 e. The molecule has 0 radical (unpaired) electrons. The minimum atomic E-state index is 0.574. The van der Waals surface area contributed by atoms with E-state index < -0.39 is 0 Å². The lowest BCUT2D eigenvalue weighted by molar-refractivity contribution is 0.190. The van der Waals surface area contributed by atoms with Gasteiger partial charge in [-0.05, 0) is 25.5 Å². The fourth-order valence-electron chi connectivity index (χ4n) is 2.21. The van der Waals surface area contributed by atoms with Crippen molar-refractivity contribution in [3.63, 3.8) is 0 Å². The molecule has 0 unspecified atom stereocenters. The predicted octanol–water partition coefficient (Wildman–Crippen LogP) is 1.98. The molecule has 2 rings (SSSR count). The summed E-state index contributed by atoms with van der Waals surface area (Å²) < 4.78 is 9.15. The van der Waals surface area contributed by atoms with Gasteiger partial charge in [-0.3, -0.25) is 5.41 Å². The van der Waals surface area contributed by atoms with E-state index in [4.69, 9.17) is 10.1 Å². The second-order valence-corrected chi connectivity index (χ2v) is 4.05. The third-order valence-electron chi connectivity index (χ3n) is 3.02. The topological polar surface area (TPSA) is 42.9 Å². The van der Waals surface area contributed by atoms with E-state index in [2.05, 4.69) is 23.6 Å². The lowest BCUT2D eigenvalue weighted by Crippen LogP contribution is -2.24. The Morgan fingerprint density at radius 2 is 1.82 bits per heavy atom. The summed E-state index contributed by atoms with van der Waals surface area (Å²) in [6.07, 6.45) is 0.935. The van der Waals surface area contributed by atoms with Crippen LogP contribution in [0.5, 0.6) is 0 Å². The van der Waals surface area contributed by atoms with Crippen molar-refractivity contribution in [3.05, 3.63) is 29.9 Å². The molecule has 0 aliphatic rings. The molecule has 4 heteroatoms. The van der Waals surface area contributed by atoms with Gasteiger partial charge in [-0.15, -0.1) is 0 Å². The van der Waals surface area contributed by atoms with Gasteiger partial charge < -0.3 is 13.9 Å². The maximum atomic E-state index is 8.20. The number of aryl methyl sites for hydroxylation is 2. The number of benzene rings is 1. The molecule has 1 aromatic carbocycles. The summed E-state index contributed by atoms with van der Waals surface area (Å²) in [6, 6.07) is 8.19. The van der Waals surface area contributed by atoms with Crippen LogP contribution in [-0.2, 0) is 17.8 Å². The molecule has 1 N–H and O–H groups in total. The van der Waals surface area contributed by atoms with Gasteiger partial charge in [0.1, 0.15) is 0 Å². The Morgan fingerprint density at radius 3 is 2.41 bits per heavy atom. The lowest BCUT2D eigenvalue weighted by atomic mass is 10.3. The van der Waals surface area contributed by atoms with E-state index in [0.717, 1.165) is 37.2 Å². The number of para-hydroxylation sites is 2. The highest BCUT2D eigenvalue weighted by Gasteiger charge is 2.08. The number of imidazole rings is 1. The molecule has 0 aliphatic carbocycles. The predicted molar refractivity (Wildman–Crippen MR) is 67.9 cm³/mol. The van der Waals surface area contributed by atoms with Crippen molar-refractivity contribution in [2.75, 3.05) is 13.7 Å². The summed E-state index contributed by atoms with van der Waals surface area (Å²) in [5, 5.41) is 8.20. The third-order valence-corrected chi connectivity index (χ3v) is 3.02. The molecule has 0 amide bonds. The highest BCUT2D eigenvalue weighted by molar-refractivity contribution is 5.75. The van der Waals surface area contributed by atoms with Gasteiger partial charge in [0, 0.05) is 26.8 Å². The zero-order valence-electron chi connectivity index (χ0n) is 10.4. The van der Waals surface area contributed by atoms with Crippen LogP contribution in [0, 0.1) is 5.41 Å². The summed E-state index contributed by atoms with van der Waals surface area (Å²) in [7, 11) is 1.71. The van der Waals surface area contributed by atoms with E-state index in [9.17, 15) is 0 Å². The number of nitrogens with one attached hydrogen (secondary N) is 1. The summed E-state index contributed by atoms with van der Waals surface area (Å²) in [6.45, 7) is 4.47. The average molecular weight is 233 g/mol. The van der Waals surface area contributed by atoms with Crippen LogP contribution in [0.4, 0.5) is 0 Å². The highest BCUT2D eigenvalue weighted by Crippen LogP contribution is 2.12. The van der Waals surface area contributed by atoms with Crippen LogP contribution < -0.4 is 5.62 Å². The quantitative estimate of drug-likeness (QED) is 0.788. The second kappa shape index (κ2) is 5.19. The maximum absolute atomic E-state index is 8.20. The van der Waals surface area contributed by atoms with Crippen molar-refractivity contribution in [3.8, 4) is 0 Å². The standard InChI is InChI=1S/C13H19N3O/c1-3-15-11-7-4-5-8-12(11)16(13(15)14)9-6-10-17-2/h4-5,7-8,14H,3,6,9-10H2,1-2H3. The second-order valence-electron chi connectivity index (χ2n) is 4.05. The smallest absolute Gasteiger partial charge is 0.202 e. The third kappa shape index (κ3) is 2.13. The highest BCUT2D eigenvalue weighted by atomic mass is 16.5. The van der Waals surface area contributed by atoms with Crippen LogP contribution in [0.15, 0.2) is 24.3 Å². The minimum absolute atomic E-state index is 0.574. The summed E-state index contributed by atoms with van der Waals surface area (Å²) in [5.74, 6) is 0. The van der Waals surface area contributed by atoms with Crippen LogP contribution in [0.2, 0.25) is 0 Å². The van der Waals surface area contributed by atoms with Crippen molar-refractivity contribution in [1.29, 1.82) is 5.41 Å². The van der Waals surface area contributed by atoms with Crippen LogP contribution in [-0.4, -0.2) is 22.9 Å². The molecule has 0 spiro atoms. The first-order valence-corrected chi connectivity index (χ1v) is 6.01. The zero-order chi connectivity index (χ0) is 12.3. The molecular weight excluding hydrogens is 214 g/mol. The van der Waals surface area contributed by atoms with Crippen molar-refractivity contribution in [2.45, 2.75) is 26.4 Å². The van der Waals surface area contributed by atoms with Crippen LogP contribution in [0.1, 0.15) is 13.3 Å². The number of nitrogens with zero attached hydrogens (tertiary/aromatic N) is 2. The number of hydrogen-bond acceptors (Lipinski definition) is 2. The molecular formula is C13H19N3O. The van der Waals surface area contributed by atoms with Gasteiger partial charge in [0.25, 0.3) is 0 Å². The number of fused-ring (bicyclic) bond motifs is 1. The zero-order valence-corrected chi connectivity index (χ0v) is 10.4. The maximum Gasteiger partial charge on any atom is 0.202 e. The fourth-order valence-corrected chi connectivity index (χ4v) is 2.21. The molecule has 4 nitrogen and oxygen atoms in total. The Kier molecular flexibility index (Phi) is 3.64. The molecule has 0 saturated heterocycles. The Balaban J connectivity index is 2.47. The Bertz CT molecular complexity index is 553. The van der Waals surface area contributed by atoms with Crippen molar-refractivity contribution in [2.24, 2.45) is 0 Å². The van der Waals surface area contributed by atoms with Gasteiger partial charge >= 0.3 is 0 Å². The fraction of sp³-hybridized carbons (Fsp3) is 0.462. The van der Waals surface area contributed by atoms with E-state index >= 15 is 0 Å². The molecule has 2 aromatic rings. The number of aromatic nitrogens is 2. The van der Waals surface area contributed by atoms with Crippen LogP contribution in [0.3, 0.4) is 0 Å². The van der Waals surface area contributed by atoms with E-state index in [1.165, 1.54) is 0 Å². The molecule has 1 heterocycles. The molecule has 92 valence electrons. The summed E-state index contributed by atoms with van der Waals surface area (Å²) in [5.41, 5.74) is 2.85. The number of methoxy groups -OCH3 is 1. The normalized spacial score (nSPS) is 11.2. The largest absolute Gasteiger partial charge is 0.385 e. The first kappa shape index (κ1) is 11.9. The summed E-state index contributed by atoms with van der Waals surface area (Å²) >= 11 is 0.